The quantitative estimate of drug-likeness (QED) is 0.705. The van der Waals surface area contributed by atoms with Gasteiger partial charge in [-0.25, -0.2) is 9.07 Å². The molecule has 1 fully saturated rings. The molecule has 0 aliphatic carbocycles. The van der Waals surface area contributed by atoms with Crippen LogP contribution in [0.1, 0.15) is 17.5 Å². The summed E-state index contributed by atoms with van der Waals surface area (Å²) in [4.78, 5) is 2.14. The van der Waals surface area contributed by atoms with Gasteiger partial charge in [-0.1, -0.05) is 17.3 Å². The molecule has 3 aromatic rings. The Morgan fingerprint density at radius 3 is 2.65 bits per heavy atom. The van der Waals surface area contributed by atoms with Crippen molar-refractivity contribution in [2.75, 3.05) is 25.2 Å². The minimum Gasteiger partial charge on any atom is -0.497 e. The van der Waals surface area contributed by atoms with E-state index < -0.39 is 0 Å². The zero-order chi connectivity index (χ0) is 17.9. The highest BCUT2D eigenvalue weighted by Gasteiger charge is 2.29. The number of nitrogens with zero attached hydrogens (tertiary/aromatic N) is 4. The predicted octanol–water partition coefficient (Wildman–Crippen LogP) is 3.01. The lowest BCUT2D eigenvalue weighted by Gasteiger charge is -2.23. The van der Waals surface area contributed by atoms with Crippen molar-refractivity contribution < 1.29 is 13.9 Å². The highest BCUT2D eigenvalue weighted by Crippen LogP contribution is 2.31. The van der Waals surface area contributed by atoms with Crippen LogP contribution in [0.5, 0.6) is 5.75 Å². The van der Waals surface area contributed by atoms with Gasteiger partial charge in [0.2, 0.25) is 0 Å². The Morgan fingerprint density at radius 2 is 1.92 bits per heavy atom. The van der Waals surface area contributed by atoms with E-state index in [2.05, 4.69) is 15.2 Å². The Hall–Kier alpha value is -2.93. The van der Waals surface area contributed by atoms with Crippen LogP contribution in [0, 0.1) is 5.82 Å². The fraction of sp³-hybridized carbons (Fsp3) is 0.263. The second kappa shape index (κ2) is 7.13. The minimum absolute atomic E-state index is 0.248. The second-order valence-electron chi connectivity index (χ2n) is 6.08. The van der Waals surface area contributed by atoms with Gasteiger partial charge < -0.3 is 14.4 Å². The molecular weight excluding hydrogens is 335 g/mol. The van der Waals surface area contributed by atoms with Gasteiger partial charge in [-0.05, 0) is 42.0 Å². The van der Waals surface area contributed by atoms with Crippen LogP contribution >= 0.6 is 0 Å². The Labute approximate surface area is 150 Å². The summed E-state index contributed by atoms with van der Waals surface area (Å²) in [5.41, 5.74) is 2.75. The van der Waals surface area contributed by atoms with Crippen molar-refractivity contribution in [1.82, 2.24) is 15.0 Å². The van der Waals surface area contributed by atoms with Gasteiger partial charge in [0.05, 0.1) is 26.5 Å². The van der Waals surface area contributed by atoms with Crippen LogP contribution in [0.15, 0.2) is 54.7 Å². The molecule has 1 aliphatic heterocycles. The van der Waals surface area contributed by atoms with Crippen LogP contribution in [0.4, 0.5) is 10.1 Å². The molecule has 0 unspecified atom stereocenters. The smallest absolute Gasteiger partial charge is 0.177 e. The molecule has 0 bridgehead atoms. The zero-order valence-corrected chi connectivity index (χ0v) is 14.4. The van der Waals surface area contributed by atoms with Gasteiger partial charge in [0.1, 0.15) is 17.3 Å². The highest BCUT2D eigenvalue weighted by atomic mass is 19.1. The number of hydrogen-bond acceptors (Lipinski definition) is 5. The average Bonchev–Trinajstić information content (AvgIpc) is 3.33. The molecule has 0 amide bonds. The molecule has 1 aromatic heterocycles. The van der Waals surface area contributed by atoms with Crippen LogP contribution in [-0.2, 0) is 11.3 Å². The van der Waals surface area contributed by atoms with Gasteiger partial charge in [0, 0.05) is 12.2 Å². The molecule has 6 nitrogen and oxygen atoms in total. The van der Waals surface area contributed by atoms with Crippen molar-refractivity contribution in [3.8, 4) is 5.75 Å². The standard InChI is InChI=1S/C19H19FN4O2/c1-25-17-8-6-16(7-9-17)24-10-11-26-19(24)18-13-23(22-21-18)12-14-2-4-15(20)5-3-14/h2-9,13,19H,10-12H2,1H3/t19-/m1/s1. The van der Waals surface area contributed by atoms with E-state index in [0.29, 0.717) is 13.2 Å². The maximum Gasteiger partial charge on any atom is 0.177 e. The van der Waals surface area contributed by atoms with Gasteiger partial charge in [-0.2, -0.15) is 0 Å². The summed E-state index contributed by atoms with van der Waals surface area (Å²) in [5, 5.41) is 8.45. The SMILES string of the molecule is COc1ccc(N2CCO[C@@H]2c2cn(Cc3ccc(F)cc3)nn2)cc1. The first-order valence-electron chi connectivity index (χ1n) is 8.40. The molecule has 2 heterocycles. The fourth-order valence-electron chi connectivity index (χ4n) is 3.03. The van der Waals surface area contributed by atoms with Crippen molar-refractivity contribution in [2.24, 2.45) is 0 Å². The van der Waals surface area contributed by atoms with E-state index in [1.165, 1.54) is 12.1 Å². The first-order chi connectivity index (χ1) is 12.7. The largest absolute Gasteiger partial charge is 0.497 e. The van der Waals surface area contributed by atoms with Crippen molar-refractivity contribution in [1.29, 1.82) is 0 Å². The molecule has 134 valence electrons. The summed E-state index contributed by atoms with van der Waals surface area (Å²) in [6.07, 6.45) is 1.60. The van der Waals surface area contributed by atoms with Gasteiger partial charge >= 0.3 is 0 Å². The van der Waals surface area contributed by atoms with Gasteiger partial charge in [0.25, 0.3) is 0 Å². The van der Waals surface area contributed by atoms with Crippen molar-refractivity contribution >= 4 is 5.69 Å². The van der Waals surface area contributed by atoms with Crippen molar-refractivity contribution in [3.63, 3.8) is 0 Å². The number of aromatic nitrogens is 3. The zero-order valence-electron chi connectivity index (χ0n) is 14.4. The fourth-order valence-corrected chi connectivity index (χ4v) is 3.03. The average molecular weight is 354 g/mol. The number of benzene rings is 2. The second-order valence-corrected chi connectivity index (χ2v) is 6.08. The first-order valence-corrected chi connectivity index (χ1v) is 8.40. The molecule has 0 spiro atoms. The lowest BCUT2D eigenvalue weighted by atomic mass is 10.2. The van der Waals surface area contributed by atoms with Crippen molar-refractivity contribution in [3.05, 3.63) is 71.8 Å². The maximum absolute atomic E-state index is 13.0. The molecule has 1 atom stereocenters. The molecular formula is C19H19FN4O2. The summed E-state index contributed by atoms with van der Waals surface area (Å²) in [7, 11) is 1.65. The number of ether oxygens (including phenoxy) is 2. The van der Waals surface area contributed by atoms with Crippen LogP contribution in [0.2, 0.25) is 0 Å². The Balaban J connectivity index is 1.51. The summed E-state index contributed by atoms with van der Waals surface area (Å²) in [6, 6.07) is 14.2. The third-order valence-electron chi connectivity index (χ3n) is 4.36. The van der Waals surface area contributed by atoms with Crippen molar-refractivity contribution in [2.45, 2.75) is 12.8 Å². The van der Waals surface area contributed by atoms with E-state index in [-0.39, 0.29) is 12.0 Å². The summed E-state index contributed by atoms with van der Waals surface area (Å²) in [6.45, 7) is 1.94. The van der Waals surface area contributed by atoms with Crippen LogP contribution < -0.4 is 9.64 Å². The monoisotopic (exact) mass is 354 g/mol. The molecule has 26 heavy (non-hydrogen) atoms. The molecule has 0 radical (unpaired) electrons. The van der Waals surface area contributed by atoms with Crippen LogP contribution in [-0.4, -0.2) is 35.3 Å². The van der Waals surface area contributed by atoms with E-state index in [9.17, 15) is 4.39 Å². The lowest BCUT2D eigenvalue weighted by Crippen LogP contribution is -2.23. The summed E-state index contributed by atoms with van der Waals surface area (Å²) < 4.78 is 25.8. The van der Waals surface area contributed by atoms with E-state index in [4.69, 9.17) is 9.47 Å². The van der Waals surface area contributed by atoms with E-state index in [0.717, 1.165) is 29.2 Å². The van der Waals surface area contributed by atoms with E-state index in [1.54, 1.807) is 23.9 Å². The van der Waals surface area contributed by atoms with Crippen LogP contribution in [0.25, 0.3) is 0 Å². The van der Waals surface area contributed by atoms with Gasteiger partial charge in [-0.3, -0.25) is 0 Å². The molecule has 1 aliphatic rings. The molecule has 2 aromatic carbocycles. The minimum atomic E-state index is -0.273. The molecule has 4 rings (SSSR count). The summed E-state index contributed by atoms with van der Waals surface area (Å²) >= 11 is 0. The molecule has 0 saturated carbocycles. The Bertz CT molecular complexity index is 864. The number of halogens is 1. The number of anilines is 1. The number of rotatable bonds is 5. The van der Waals surface area contributed by atoms with Gasteiger partial charge in [-0.15, -0.1) is 5.10 Å². The molecule has 7 heteroatoms. The van der Waals surface area contributed by atoms with Gasteiger partial charge in [0.15, 0.2) is 6.23 Å². The van der Waals surface area contributed by atoms with E-state index >= 15 is 0 Å². The lowest BCUT2D eigenvalue weighted by molar-refractivity contribution is 0.110. The first kappa shape index (κ1) is 16.5. The van der Waals surface area contributed by atoms with Crippen LogP contribution in [0.3, 0.4) is 0 Å². The molecule has 1 saturated heterocycles. The Morgan fingerprint density at radius 1 is 1.15 bits per heavy atom. The highest BCUT2D eigenvalue weighted by molar-refractivity contribution is 5.50. The number of hydrogen-bond donors (Lipinski definition) is 0. The Kier molecular flexibility index (Phi) is 4.53. The predicted molar refractivity (Wildman–Crippen MR) is 94.6 cm³/mol. The third-order valence-corrected chi connectivity index (χ3v) is 4.36. The number of methoxy groups -OCH3 is 1. The third kappa shape index (κ3) is 3.39. The normalized spacial score (nSPS) is 16.8. The maximum atomic E-state index is 13.0. The topological polar surface area (TPSA) is 52.4 Å². The van der Waals surface area contributed by atoms with E-state index in [1.807, 2.05) is 30.5 Å². The summed E-state index contributed by atoms with van der Waals surface area (Å²) in [5.74, 6) is 0.568. The molecule has 0 N–H and O–H groups in total.